The molecule has 0 atom stereocenters. The molecule has 1 heterocycles. The molecule has 0 aliphatic carbocycles. The molecule has 1 aromatic carbocycles. The molecule has 1 saturated heterocycles. The molecule has 23 heavy (non-hydrogen) atoms. The van der Waals surface area contributed by atoms with Crippen LogP contribution in [-0.2, 0) is 16.0 Å². The number of amides is 2. The lowest BCUT2D eigenvalue weighted by Crippen LogP contribution is -2.39. The first-order chi connectivity index (χ1) is 11.1. The Labute approximate surface area is 137 Å². The minimum absolute atomic E-state index is 0.0291. The predicted octanol–water partition coefficient (Wildman–Crippen LogP) is 2.62. The van der Waals surface area contributed by atoms with E-state index in [1.165, 1.54) is 25.5 Å². The largest absolute Gasteiger partial charge is 0.343 e. The Hall–Kier alpha value is -1.91. The van der Waals surface area contributed by atoms with E-state index in [0.717, 1.165) is 31.5 Å². The summed E-state index contributed by atoms with van der Waals surface area (Å²) in [6, 6.07) is 6.31. The van der Waals surface area contributed by atoms with Crippen LogP contribution in [0.3, 0.4) is 0 Å². The van der Waals surface area contributed by atoms with Gasteiger partial charge in [0, 0.05) is 39.5 Å². The average Bonchev–Trinajstić information content (AvgIpc) is 2.56. The van der Waals surface area contributed by atoms with Gasteiger partial charge in [0.15, 0.2) is 0 Å². The van der Waals surface area contributed by atoms with Crippen LogP contribution in [0.1, 0.15) is 38.2 Å². The Balaban J connectivity index is 1.80. The molecular weight excluding hydrogens is 295 g/mol. The molecule has 1 fully saturated rings. The Morgan fingerprint density at radius 2 is 1.74 bits per heavy atom. The third-order valence-electron chi connectivity index (χ3n) is 4.33. The van der Waals surface area contributed by atoms with Crippen molar-refractivity contribution in [1.29, 1.82) is 0 Å². The minimum Gasteiger partial charge on any atom is -0.343 e. The second-order valence-electron chi connectivity index (χ2n) is 6.07. The summed E-state index contributed by atoms with van der Waals surface area (Å²) in [5.74, 6) is -0.152. The number of carbonyl (C=O) groups is 2. The van der Waals surface area contributed by atoms with Crippen molar-refractivity contribution in [2.24, 2.45) is 0 Å². The highest BCUT2D eigenvalue weighted by Gasteiger charge is 2.18. The number of nitrogens with zero attached hydrogens (tertiary/aromatic N) is 2. The van der Waals surface area contributed by atoms with Gasteiger partial charge in [-0.2, -0.15) is 0 Å². The van der Waals surface area contributed by atoms with Crippen LogP contribution in [0, 0.1) is 5.82 Å². The summed E-state index contributed by atoms with van der Waals surface area (Å²) in [6.45, 7) is 4.21. The number of carbonyl (C=O) groups excluding carboxylic acids is 2. The number of rotatable bonds is 6. The molecule has 0 radical (unpaired) electrons. The number of halogens is 1. The number of hydrogen-bond donors (Lipinski definition) is 0. The first-order valence-electron chi connectivity index (χ1n) is 8.34. The lowest BCUT2D eigenvalue weighted by Gasteiger charge is -2.28. The zero-order chi connectivity index (χ0) is 16.7. The highest BCUT2D eigenvalue weighted by molar-refractivity contribution is 5.78. The molecule has 0 N–H and O–H groups in total. The zero-order valence-corrected chi connectivity index (χ0v) is 13.8. The summed E-state index contributed by atoms with van der Waals surface area (Å²) in [5, 5.41) is 0. The van der Waals surface area contributed by atoms with Gasteiger partial charge < -0.3 is 9.80 Å². The number of benzene rings is 1. The van der Waals surface area contributed by atoms with Crippen LogP contribution in [0.5, 0.6) is 0 Å². The molecule has 1 aliphatic heterocycles. The maximum atomic E-state index is 12.9. The lowest BCUT2D eigenvalue weighted by atomic mass is 10.1. The van der Waals surface area contributed by atoms with Crippen molar-refractivity contribution in [1.82, 2.24) is 9.80 Å². The van der Waals surface area contributed by atoms with Crippen LogP contribution >= 0.6 is 0 Å². The van der Waals surface area contributed by atoms with Gasteiger partial charge in [-0.3, -0.25) is 9.59 Å². The third kappa shape index (κ3) is 5.66. The van der Waals surface area contributed by atoms with Gasteiger partial charge in [-0.05, 0) is 43.4 Å². The van der Waals surface area contributed by atoms with Crippen molar-refractivity contribution in [2.75, 3.05) is 26.2 Å². The molecule has 1 aliphatic rings. The van der Waals surface area contributed by atoms with Gasteiger partial charge in [0.25, 0.3) is 0 Å². The van der Waals surface area contributed by atoms with Crippen molar-refractivity contribution < 1.29 is 14.0 Å². The zero-order valence-electron chi connectivity index (χ0n) is 13.8. The van der Waals surface area contributed by atoms with Crippen molar-refractivity contribution >= 4 is 11.8 Å². The monoisotopic (exact) mass is 320 g/mol. The molecule has 2 rings (SSSR count). The summed E-state index contributed by atoms with van der Waals surface area (Å²) in [5.41, 5.74) is 0.986. The number of likely N-dealkylation sites (tertiary alicyclic amines) is 1. The highest BCUT2D eigenvalue weighted by Crippen LogP contribution is 2.11. The first-order valence-corrected chi connectivity index (χ1v) is 8.34. The average molecular weight is 320 g/mol. The van der Waals surface area contributed by atoms with E-state index >= 15 is 0 Å². The predicted molar refractivity (Wildman–Crippen MR) is 87.4 cm³/mol. The van der Waals surface area contributed by atoms with E-state index in [1.807, 2.05) is 4.90 Å². The van der Waals surface area contributed by atoms with Gasteiger partial charge in [0.2, 0.25) is 11.8 Å². The van der Waals surface area contributed by atoms with E-state index in [2.05, 4.69) is 0 Å². The standard InChI is InChI=1S/C18H25FN2O2/c1-15(22)20(13-9-16-5-7-17(19)8-6-16)14-10-18(23)21-11-3-2-4-12-21/h5-8H,2-4,9-14H2,1H3. The number of piperidine rings is 1. The van der Waals surface area contributed by atoms with E-state index in [-0.39, 0.29) is 17.6 Å². The molecule has 0 saturated carbocycles. The molecule has 0 spiro atoms. The lowest BCUT2D eigenvalue weighted by molar-refractivity contribution is -0.134. The van der Waals surface area contributed by atoms with Crippen LogP contribution in [0.25, 0.3) is 0 Å². The van der Waals surface area contributed by atoms with Crippen LogP contribution in [0.2, 0.25) is 0 Å². The second-order valence-corrected chi connectivity index (χ2v) is 6.07. The normalized spacial score (nSPS) is 14.6. The summed E-state index contributed by atoms with van der Waals surface area (Å²) in [7, 11) is 0. The first kappa shape index (κ1) is 17.4. The van der Waals surface area contributed by atoms with Gasteiger partial charge in [0.05, 0.1) is 0 Å². The molecule has 5 heteroatoms. The molecule has 1 aromatic rings. The van der Waals surface area contributed by atoms with E-state index in [4.69, 9.17) is 0 Å². The van der Waals surface area contributed by atoms with Crippen LogP contribution in [-0.4, -0.2) is 47.8 Å². The molecule has 4 nitrogen and oxygen atoms in total. The smallest absolute Gasteiger partial charge is 0.224 e. The third-order valence-corrected chi connectivity index (χ3v) is 4.33. The topological polar surface area (TPSA) is 40.6 Å². The molecular formula is C18H25FN2O2. The fourth-order valence-electron chi connectivity index (χ4n) is 2.87. The van der Waals surface area contributed by atoms with Crippen LogP contribution in [0.15, 0.2) is 24.3 Å². The maximum Gasteiger partial charge on any atom is 0.224 e. The number of hydrogen-bond acceptors (Lipinski definition) is 2. The van der Waals surface area contributed by atoms with E-state index in [1.54, 1.807) is 17.0 Å². The molecule has 126 valence electrons. The molecule has 0 unspecified atom stereocenters. The fraction of sp³-hybridized carbons (Fsp3) is 0.556. The van der Waals surface area contributed by atoms with Gasteiger partial charge >= 0.3 is 0 Å². The van der Waals surface area contributed by atoms with E-state index in [0.29, 0.717) is 25.9 Å². The van der Waals surface area contributed by atoms with Crippen LogP contribution < -0.4 is 0 Å². The Morgan fingerprint density at radius 3 is 2.35 bits per heavy atom. The Kier molecular flexibility index (Phi) is 6.56. The molecule has 0 bridgehead atoms. The Bertz CT molecular complexity index is 524. The summed E-state index contributed by atoms with van der Waals surface area (Å²) < 4.78 is 12.9. The summed E-state index contributed by atoms with van der Waals surface area (Å²) in [4.78, 5) is 27.5. The SMILES string of the molecule is CC(=O)N(CCC(=O)N1CCCCC1)CCc1ccc(F)cc1. The van der Waals surface area contributed by atoms with E-state index in [9.17, 15) is 14.0 Å². The van der Waals surface area contributed by atoms with Gasteiger partial charge in [-0.1, -0.05) is 12.1 Å². The molecule has 2 amide bonds. The fourth-order valence-corrected chi connectivity index (χ4v) is 2.87. The van der Waals surface area contributed by atoms with Crippen molar-refractivity contribution in [2.45, 2.75) is 39.0 Å². The summed E-state index contributed by atoms with van der Waals surface area (Å²) in [6.07, 6.45) is 4.39. The van der Waals surface area contributed by atoms with E-state index < -0.39 is 0 Å². The van der Waals surface area contributed by atoms with Crippen molar-refractivity contribution in [3.05, 3.63) is 35.6 Å². The van der Waals surface area contributed by atoms with Crippen molar-refractivity contribution in [3.8, 4) is 0 Å². The maximum absolute atomic E-state index is 12.9. The highest BCUT2D eigenvalue weighted by atomic mass is 19.1. The summed E-state index contributed by atoms with van der Waals surface area (Å²) >= 11 is 0. The minimum atomic E-state index is -0.260. The van der Waals surface area contributed by atoms with Crippen LogP contribution in [0.4, 0.5) is 4.39 Å². The van der Waals surface area contributed by atoms with Gasteiger partial charge in [-0.15, -0.1) is 0 Å². The van der Waals surface area contributed by atoms with Crippen molar-refractivity contribution in [3.63, 3.8) is 0 Å². The van der Waals surface area contributed by atoms with Gasteiger partial charge in [-0.25, -0.2) is 4.39 Å². The molecule has 0 aromatic heterocycles. The Morgan fingerprint density at radius 1 is 1.09 bits per heavy atom. The quantitative estimate of drug-likeness (QED) is 0.808. The van der Waals surface area contributed by atoms with Gasteiger partial charge in [0.1, 0.15) is 5.82 Å². The second kappa shape index (κ2) is 8.65.